The van der Waals surface area contributed by atoms with Crippen LogP contribution in [0.5, 0.6) is 0 Å². The first kappa shape index (κ1) is 11.5. The maximum absolute atomic E-state index is 4.59. The second-order valence-corrected chi connectivity index (χ2v) is 5.66. The van der Waals surface area contributed by atoms with E-state index in [1.54, 1.807) is 0 Å². The normalized spacial score (nSPS) is 13.3. The molecule has 1 heteroatoms. The summed E-state index contributed by atoms with van der Waals surface area (Å²) in [5.74, 6) is 0.509. The molecule has 0 saturated heterocycles. The largest absolute Gasteiger partial charge is 0.261 e. The molecule has 0 saturated carbocycles. The fraction of sp³-hybridized carbons (Fsp3) is 0.353. The predicted molar refractivity (Wildman–Crippen MR) is 75.1 cm³/mol. The number of hydrogen-bond donors (Lipinski definition) is 0. The second kappa shape index (κ2) is 4.24. The molecule has 0 amide bonds. The summed E-state index contributed by atoms with van der Waals surface area (Å²) in [5, 5.41) is 0. The Kier molecular flexibility index (Phi) is 2.70. The lowest BCUT2D eigenvalue weighted by Crippen LogP contribution is -2.09. The highest BCUT2D eigenvalue weighted by molar-refractivity contribution is 5.46. The zero-order valence-electron chi connectivity index (χ0n) is 11.3. The lowest BCUT2D eigenvalue weighted by atomic mass is 9.85. The third-order valence-electron chi connectivity index (χ3n) is 3.82. The van der Waals surface area contributed by atoms with Gasteiger partial charge in [-0.3, -0.25) is 4.98 Å². The molecule has 0 unspecified atom stereocenters. The van der Waals surface area contributed by atoms with Gasteiger partial charge in [0.15, 0.2) is 0 Å². The molecule has 1 nitrogen and oxygen atoms in total. The summed E-state index contributed by atoms with van der Waals surface area (Å²) >= 11 is 0. The number of aromatic nitrogens is 1. The van der Waals surface area contributed by atoms with Crippen molar-refractivity contribution in [3.05, 3.63) is 64.0 Å². The molecule has 1 aliphatic rings. The Morgan fingerprint density at radius 3 is 2.44 bits per heavy atom. The summed E-state index contributed by atoms with van der Waals surface area (Å²) in [4.78, 5) is 4.59. The summed E-state index contributed by atoms with van der Waals surface area (Å²) < 4.78 is 0. The number of fused-ring (bicyclic) bond motifs is 2. The van der Waals surface area contributed by atoms with E-state index < -0.39 is 0 Å². The first-order valence-corrected chi connectivity index (χ1v) is 6.69. The molecule has 18 heavy (non-hydrogen) atoms. The Bertz CT molecular complexity index is 597. The average molecular weight is 237 g/mol. The number of rotatable bonds is 1. The third kappa shape index (κ3) is 1.94. The summed E-state index contributed by atoms with van der Waals surface area (Å²) in [6.07, 6.45) is 4.18. The van der Waals surface area contributed by atoms with Gasteiger partial charge >= 0.3 is 0 Å². The minimum atomic E-state index is 0.509. The molecular formula is C17H19N. The van der Waals surface area contributed by atoms with Crippen LogP contribution in [-0.4, -0.2) is 4.98 Å². The van der Waals surface area contributed by atoms with E-state index >= 15 is 0 Å². The van der Waals surface area contributed by atoms with E-state index in [0.29, 0.717) is 5.92 Å². The van der Waals surface area contributed by atoms with E-state index in [4.69, 9.17) is 0 Å². The van der Waals surface area contributed by atoms with Gasteiger partial charge in [-0.05, 0) is 54.0 Å². The Hall–Kier alpha value is -1.63. The van der Waals surface area contributed by atoms with E-state index in [1.807, 2.05) is 0 Å². The third-order valence-corrected chi connectivity index (χ3v) is 3.82. The summed E-state index contributed by atoms with van der Waals surface area (Å²) in [5.41, 5.74) is 8.38. The van der Waals surface area contributed by atoms with Crippen LogP contribution in [0.3, 0.4) is 0 Å². The van der Waals surface area contributed by atoms with Crippen molar-refractivity contribution in [2.24, 2.45) is 0 Å². The smallest absolute Gasteiger partial charge is 0.0432 e. The van der Waals surface area contributed by atoms with Crippen molar-refractivity contribution in [3.63, 3.8) is 0 Å². The maximum Gasteiger partial charge on any atom is 0.0432 e. The quantitative estimate of drug-likeness (QED) is 0.623. The molecule has 92 valence electrons. The van der Waals surface area contributed by atoms with Gasteiger partial charge in [-0.25, -0.2) is 0 Å². The topological polar surface area (TPSA) is 12.9 Å². The highest BCUT2D eigenvalue weighted by Gasteiger charge is 2.16. The van der Waals surface area contributed by atoms with Crippen LogP contribution >= 0.6 is 0 Å². The van der Waals surface area contributed by atoms with Gasteiger partial charge in [-0.15, -0.1) is 0 Å². The Labute approximate surface area is 109 Å². The van der Waals surface area contributed by atoms with Gasteiger partial charge in [0.05, 0.1) is 0 Å². The molecule has 3 rings (SSSR count). The lowest BCUT2D eigenvalue weighted by molar-refractivity contribution is 0.810. The first-order valence-electron chi connectivity index (χ1n) is 6.69. The van der Waals surface area contributed by atoms with Gasteiger partial charge in [0.2, 0.25) is 0 Å². The van der Waals surface area contributed by atoms with Crippen molar-refractivity contribution in [1.29, 1.82) is 0 Å². The minimum absolute atomic E-state index is 0.509. The molecule has 1 aliphatic carbocycles. The van der Waals surface area contributed by atoms with Crippen molar-refractivity contribution in [2.45, 2.75) is 39.5 Å². The molecular weight excluding hydrogens is 218 g/mol. The lowest BCUT2D eigenvalue weighted by Gasteiger charge is -2.21. The first-order chi connectivity index (χ1) is 8.63. The maximum atomic E-state index is 4.59. The Morgan fingerprint density at radius 2 is 1.67 bits per heavy atom. The summed E-state index contributed by atoms with van der Waals surface area (Å²) in [7, 11) is 0. The minimum Gasteiger partial charge on any atom is -0.261 e. The van der Waals surface area contributed by atoms with Crippen molar-refractivity contribution in [3.8, 4) is 0 Å². The van der Waals surface area contributed by atoms with Crippen molar-refractivity contribution in [2.75, 3.05) is 0 Å². The SMILES string of the molecule is Cc1ccc2c(c1)Cc1cnc(C(C)C)cc1C2. The van der Waals surface area contributed by atoms with Crippen LogP contribution in [0.4, 0.5) is 0 Å². The molecule has 0 atom stereocenters. The number of benzene rings is 1. The van der Waals surface area contributed by atoms with Gasteiger partial charge < -0.3 is 0 Å². The van der Waals surface area contributed by atoms with E-state index in [2.05, 4.69) is 56.2 Å². The number of aryl methyl sites for hydroxylation is 1. The molecule has 1 aromatic carbocycles. The van der Waals surface area contributed by atoms with E-state index in [1.165, 1.54) is 33.5 Å². The summed E-state index contributed by atoms with van der Waals surface area (Å²) in [6, 6.07) is 9.11. The van der Waals surface area contributed by atoms with Gasteiger partial charge in [-0.2, -0.15) is 0 Å². The van der Waals surface area contributed by atoms with Crippen LogP contribution in [0, 0.1) is 6.92 Å². The van der Waals surface area contributed by atoms with Crippen molar-refractivity contribution in [1.82, 2.24) is 4.98 Å². The van der Waals surface area contributed by atoms with Crippen LogP contribution < -0.4 is 0 Å². The number of hydrogen-bond acceptors (Lipinski definition) is 1. The average Bonchev–Trinajstić information content (AvgIpc) is 2.35. The van der Waals surface area contributed by atoms with Gasteiger partial charge in [0.1, 0.15) is 0 Å². The number of nitrogens with zero attached hydrogens (tertiary/aromatic N) is 1. The van der Waals surface area contributed by atoms with Crippen molar-refractivity contribution < 1.29 is 0 Å². The molecule has 1 heterocycles. The van der Waals surface area contributed by atoms with Gasteiger partial charge in [-0.1, -0.05) is 37.6 Å². The molecule has 0 N–H and O–H groups in total. The molecule has 0 bridgehead atoms. The monoisotopic (exact) mass is 237 g/mol. The fourth-order valence-electron chi connectivity index (χ4n) is 2.69. The standard InChI is InChI=1S/C17H19N/c1-11(2)17-9-15-7-13-5-4-12(3)6-14(13)8-16(15)10-18-17/h4-6,9-11H,7-8H2,1-3H3. The Balaban J connectivity index is 2.02. The highest BCUT2D eigenvalue weighted by atomic mass is 14.7. The van der Waals surface area contributed by atoms with E-state index in [0.717, 1.165) is 12.8 Å². The molecule has 0 fully saturated rings. The van der Waals surface area contributed by atoms with E-state index in [9.17, 15) is 0 Å². The van der Waals surface area contributed by atoms with E-state index in [-0.39, 0.29) is 0 Å². The fourth-order valence-corrected chi connectivity index (χ4v) is 2.69. The molecule has 0 radical (unpaired) electrons. The molecule has 0 spiro atoms. The van der Waals surface area contributed by atoms with Gasteiger partial charge in [0, 0.05) is 11.9 Å². The summed E-state index contributed by atoms with van der Waals surface area (Å²) in [6.45, 7) is 6.57. The van der Waals surface area contributed by atoms with Crippen LogP contribution in [0.1, 0.15) is 53.3 Å². The predicted octanol–water partition coefficient (Wildman–Crippen LogP) is 4.01. The van der Waals surface area contributed by atoms with Gasteiger partial charge in [0.25, 0.3) is 0 Å². The molecule has 1 aromatic heterocycles. The van der Waals surface area contributed by atoms with Crippen molar-refractivity contribution >= 4 is 0 Å². The van der Waals surface area contributed by atoms with Crippen LogP contribution in [0.15, 0.2) is 30.5 Å². The van der Waals surface area contributed by atoms with Crippen LogP contribution in [0.25, 0.3) is 0 Å². The second-order valence-electron chi connectivity index (χ2n) is 5.66. The highest BCUT2D eigenvalue weighted by Crippen LogP contribution is 2.28. The molecule has 2 aromatic rings. The Morgan fingerprint density at radius 1 is 0.944 bits per heavy atom. The zero-order valence-corrected chi connectivity index (χ0v) is 11.3. The van der Waals surface area contributed by atoms with Crippen LogP contribution in [0.2, 0.25) is 0 Å². The number of pyridine rings is 1. The van der Waals surface area contributed by atoms with Crippen LogP contribution in [-0.2, 0) is 12.8 Å². The zero-order chi connectivity index (χ0) is 12.7. The molecule has 0 aliphatic heterocycles.